The number of nitrogens with one attached hydrogen (secondary N) is 1. The van der Waals surface area contributed by atoms with E-state index in [-0.39, 0.29) is 7.43 Å². The van der Waals surface area contributed by atoms with Crippen molar-refractivity contribution in [2.75, 3.05) is 0 Å². The van der Waals surface area contributed by atoms with Crippen LogP contribution in [-0.4, -0.2) is 9.97 Å². The molecular weight excluding hydrogens is 268 g/mol. The van der Waals surface area contributed by atoms with Gasteiger partial charge in [-0.25, -0.2) is 4.98 Å². The van der Waals surface area contributed by atoms with Crippen molar-refractivity contribution in [1.82, 2.24) is 9.97 Å². The standard InChI is InChI=1S/C16H13ClN2.CH4/c1-11-15(12-6-3-2-4-7-12)19-16(18-11)13-8-5-9-14(17)10-13;/h2-10H,1H3,(H,18,19);1H4. The molecule has 1 aromatic heterocycles. The summed E-state index contributed by atoms with van der Waals surface area (Å²) in [6.07, 6.45) is 0. The predicted molar refractivity (Wildman–Crippen MR) is 85.9 cm³/mol. The van der Waals surface area contributed by atoms with Crippen LogP contribution in [0, 0.1) is 6.92 Å². The lowest BCUT2D eigenvalue weighted by molar-refractivity contribution is 1.26. The van der Waals surface area contributed by atoms with Crippen LogP contribution in [0.25, 0.3) is 22.6 Å². The van der Waals surface area contributed by atoms with Crippen molar-refractivity contribution in [3.63, 3.8) is 0 Å². The highest BCUT2D eigenvalue weighted by Gasteiger charge is 2.10. The molecule has 0 aliphatic heterocycles. The monoisotopic (exact) mass is 284 g/mol. The van der Waals surface area contributed by atoms with Crippen LogP contribution in [0.5, 0.6) is 0 Å². The molecule has 0 atom stereocenters. The van der Waals surface area contributed by atoms with E-state index in [1.807, 2.05) is 49.4 Å². The summed E-state index contributed by atoms with van der Waals surface area (Å²) in [6.45, 7) is 2.03. The lowest BCUT2D eigenvalue weighted by Gasteiger charge is -1.97. The van der Waals surface area contributed by atoms with Crippen LogP contribution in [-0.2, 0) is 0 Å². The fraction of sp³-hybridized carbons (Fsp3) is 0.118. The van der Waals surface area contributed by atoms with Crippen molar-refractivity contribution in [2.24, 2.45) is 0 Å². The van der Waals surface area contributed by atoms with Crippen molar-refractivity contribution in [3.8, 4) is 22.6 Å². The first-order valence-electron chi connectivity index (χ1n) is 6.12. The van der Waals surface area contributed by atoms with E-state index in [4.69, 9.17) is 11.6 Å². The van der Waals surface area contributed by atoms with Gasteiger partial charge in [-0.15, -0.1) is 0 Å². The highest BCUT2D eigenvalue weighted by Crippen LogP contribution is 2.26. The molecule has 0 amide bonds. The van der Waals surface area contributed by atoms with Crippen LogP contribution in [0.2, 0.25) is 5.02 Å². The number of benzene rings is 2. The Bertz CT molecular complexity index is 702. The van der Waals surface area contributed by atoms with Gasteiger partial charge in [0, 0.05) is 21.8 Å². The summed E-state index contributed by atoms with van der Waals surface area (Å²) in [7, 11) is 0. The SMILES string of the molecule is C.Cc1[nH]c(-c2cccc(Cl)c2)nc1-c1ccccc1. The quantitative estimate of drug-likeness (QED) is 0.676. The Morgan fingerprint density at radius 2 is 1.65 bits per heavy atom. The molecule has 2 aromatic carbocycles. The number of hydrogen-bond acceptors (Lipinski definition) is 1. The maximum atomic E-state index is 6.02. The Balaban J connectivity index is 0.00000147. The van der Waals surface area contributed by atoms with E-state index in [0.717, 1.165) is 28.3 Å². The molecule has 102 valence electrons. The Labute approximate surface area is 124 Å². The van der Waals surface area contributed by atoms with Crippen molar-refractivity contribution < 1.29 is 0 Å². The minimum absolute atomic E-state index is 0. The fourth-order valence-electron chi connectivity index (χ4n) is 2.11. The van der Waals surface area contributed by atoms with Gasteiger partial charge < -0.3 is 4.98 Å². The van der Waals surface area contributed by atoms with Gasteiger partial charge in [0.2, 0.25) is 0 Å². The lowest BCUT2D eigenvalue weighted by atomic mass is 10.1. The van der Waals surface area contributed by atoms with Crippen LogP contribution in [0.1, 0.15) is 13.1 Å². The number of halogens is 1. The van der Waals surface area contributed by atoms with Gasteiger partial charge in [-0.05, 0) is 19.1 Å². The average Bonchev–Trinajstić information content (AvgIpc) is 2.82. The zero-order valence-electron chi connectivity index (χ0n) is 10.5. The number of imidazole rings is 1. The minimum atomic E-state index is 0. The van der Waals surface area contributed by atoms with Gasteiger partial charge in [0.05, 0.1) is 5.69 Å². The van der Waals surface area contributed by atoms with Crippen LogP contribution >= 0.6 is 11.6 Å². The number of aryl methyl sites for hydroxylation is 1. The first kappa shape index (κ1) is 14.4. The Morgan fingerprint density at radius 3 is 2.35 bits per heavy atom. The third-order valence-corrected chi connectivity index (χ3v) is 3.27. The Hall–Kier alpha value is -2.06. The molecule has 0 saturated heterocycles. The Kier molecular flexibility index (Phi) is 4.26. The third-order valence-electron chi connectivity index (χ3n) is 3.03. The van der Waals surface area contributed by atoms with E-state index in [9.17, 15) is 0 Å². The van der Waals surface area contributed by atoms with E-state index >= 15 is 0 Å². The summed E-state index contributed by atoms with van der Waals surface area (Å²) in [6, 6.07) is 17.9. The second-order valence-electron chi connectivity index (χ2n) is 4.44. The van der Waals surface area contributed by atoms with E-state index in [2.05, 4.69) is 22.1 Å². The van der Waals surface area contributed by atoms with Crippen molar-refractivity contribution in [3.05, 3.63) is 65.3 Å². The molecule has 0 aliphatic carbocycles. The van der Waals surface area contributed by atoms with E-state index < -0.39 is 0 Å². The molecule has 0 aliphatic rings. The van der Waals surface area contributed by atoms with Crippen LogP contribution < -0.4 is 0 Å². The number of aromatic amines is 1. The van der Waals surface area contributed by atoms with Crippen LogP contribution in [0.15, 0.2) is 54.6 Å². The molecule has 1 heterocycles. The van der Waals surface area contributed by atoms with Gasteiger partial charge in [-0.3, -0.25) is 0 Å². The fourth-order valence-corrected chi connectivity index (χ4v) is 2.30. The molecule has 3 rings (SSSR count). The van der Waals surface area contributed by atoms with Gasteiger partial charge in [0.15, 0.2) is 0 Å². The summed E-state index contributed by atoms with van der Waals surface area (Å²) in [4.78, 5) is 7.99. The maximum Gasteiger partial charge on any atom is 0.138 e. The molecule has 0 saturated carbocycles. The number of H-pyrrole nitrogens is 1. The van der Waals surface area contributed by atoms with Crippen LogP contribution in [0.3, 0.4) is 0 Å². The largest absolute Gasteiger partial charge is 0.342 e. The third kappa shape index (κ3) is 2.75. The second-order valence-corrected chi connectivity index (χ2v) is 4.87. The predicted octanol–water partition coefficient (Wildman–Crippen LogP) is 5.34. The van der Waals surface area contributed by atoms with Gasteiger partial charge in [0.1, 0.15) is 5.82 Å². The van der Waals surface area contributed by atoms with E-state index in [1.54, 1.807) is 0 Å². The number of rotatable bonds is 2. The highest BCUT2D eigenvalue weighted by molar-refractivity contribution is 6.30. The van der Waals surface area contributed by atoms with Crippen molar-refractivity contribution in [2.45, 2.75) is 14.4 Å². The molecule has 0 bridgehead atoms. The average molecular weight is 285 g/mol. The first-order valence-corrected chi connectivity index (χ1v) is 6.50. The lowest BCUT2D eigenvalue weighted by Crippen LogP contribution is -1.81. The minimum Gasteiger partial charge on any atom is -0.342 e. The zero-order valence-corrected chi connectivity index (χ0v) is 11.3. The maximum absolute atomic E-state index is 6.02. The normalized spacial score (nSPS) is 10.1. The molecule has 0 spiro atoms. The van der Waals surface area contributed by atoms with Gasteiger partial charge in [-0.2, -0.15) is 0 Å². The van der Waals surface area contributed by atoms with Gasteiger partial charge in [0.25, 0.3) is 0 Å². The highest BCUT2D eigenvalue weighted by atomic mass is 35.5. The van der Waals surface area contributed by atoms with Crippen LogP contribution in [0.4, 0.5) is 0 Å². The second kappa shape index (κ2) is 5.93. The molecule has 0 radical (unpaired) electrons. The molecular formula is C17H17ClN2. The summed E-state index contributed by atoms with van der Waals surface area (Å²) in [5, 5.41) is 0.716. The molecule has 20 heavy (non-hydrogen) atoms. The molecule has 1 N–H and O–H groups in total. The molecule has 0 unspecified atom stereocenters. The molecule has 3 heteroatoms. The topological polar surface area (TPSA) is 28.7 Å². The summed E-state index contributed by atoms with van der Waals surface area (Å²) in [5.74, 6) is 0.846. The van der Waals surface area contributed by atoms with E-state index in [0.29, 0.717) is 5.02 Å². The van der Waals surface area contributed by atoms with Gasteiger partial charge >= 0.3 is 0 Å². The number of aromatic nitrogens is 2. The molecule has 2 nitrogen and oxygen atoms in total. The molecule has 0 fully saturated rings. The summed E-state index contributed by atoms with van der Waals surface area (Å²) in [5.41, 5.74) is 4.15. The van der Waals surface area contributed by atoms with Crippen molar-refractivity contribution >= 4 is 11.6 Å². The zero-order chi connectivity index (χ0) is 13.2. The smallest absolute Gasteiger partial charge is 0.138 e. The Morgan fingerprint density at radius 1 is 0.950 bits per heavy atom. The van der Waals surface area contributed by atoms with E-state index in [1.165, 1.54) is 0 Å². The van der Waals surface area contributed by atoms with Crippen molar-refractivity contribution in [1.29, 1.82) is 0 Å². The number of nitrogens with zero attached hydrogens (tertiary/aromatic N) is 1. The number of hydrogen-bond donors (Lipinski definition) is 1. The summed E-state index contributed by atoms with van der Waals surface area (Å²) < 4.78 is 0. The van der Waals surface area contributed by atoms with Gasteiger partial charge in [-0.1, -0.05) is 61.5 Å². The summed E-state index contributed by atoms with van der Waals surface area (Å²) >= 11 is 6.02. The molecule has 3 aromatic rings. The first-order chi connectivity index (χ1) is 9.24.